The Morgan fingerprint density at radius 2 is 2.19 bits per heavy atom. The van der Waals surface area contributed by atoms with E-state index < -0.39 is 0 Å². The predicted octanol–water partition coefficient (Wildman–Crippen LogP) is 5.33. The van der Waals surface area contributed by atoms with Crippen LogP contribution in [0.5, 0.6) is 0 Å². The lowest BCUT2D eigenvalue weighted by Crippen LogP contribution is -2.18. The van der Waals surface area contributed by atoms with Gasteiger partial charge >= 0.3 is 0 Å². The first-order valence-corrected chi connectivity index (χ1v) is 12.5. The molecule has 162 valence electrons. The van der Waals surface area contributed by atoms with Crippen LogP contribution in [0, 0.1) is 5.92 Å². The largest absolute Gasteiger partial charge is 0.383 e. The van der Waals surface area contributed by atoms with Crippen LogP contribution < -0.4 is 5.73 Å². The Balaban J connectivity index is 1.44. The number of ether oxygens (including phenoxy) is 1. The van der Waals surface area contributed by atoms with Gasteiger partial charge < -0.3 is 10.5 Å². The van der Waals surface area contributed by atoms with Crippen LogP contribution in [-0.4, -0.2) is 40.1 Å². The number of nitrogens with two attached hydrogens (primary N) is 1. The number of aliphatic imine (C=N–C) groups is 1. The molecule has 3 aromatic rings. The highest BCUT2D eigenvalue weighted by molar-refractivity contribution is 9.10. The van der Waals surface area contributed by atoms with Gasteiger partial charge in [-0.3, -0.25) is 4.99 Å². The molecule has 5 rings (SSSR count). The van der Waals surface area contributed by atoms with Gasteiger partial charge in [0.1, 0.15) is 5.82 Å². The van der Waals surface area contributed by atoms with Crippen molar-refractivity contribution in [1.82, 2.24) is 14.6 Å². The van der Waals surface area contributed by atoms with Crippen molar-refractivity contribution < 1.29 is 4.74 Å². The third kappa shape index (κ3) is 4.08. The van der Waals surface area contributed by atoms with Gasteiger partial charge in [0.25, 0.3) is 0 Å². The third-order valence-electron chi connectivity index (χ3n) is 6.33. The minimum Gasteiger partial charge on any atom is -0.383 e. The minimum absolute atomic E-state index is 0.302. The maximum absolute atomic E-state index is 6.47. The highest BCUT2D eigenvalue weighted by Gasteiger charge is 2.24. The van der Waals surface area contributed by atoms with E-state index in [2.05, 4.69) is 50.9 Å². The lowest BCUT2D eigenvalue weighted by atomic mass is 9.88. The van der Waals surface area contributed by atoms with E-state index in [-0.39, 0.29) is 0 Å². The summed E-state index contributed by atoms with van der Waals surface area (Å²) in [5.74, 6) is 1.57. The summed E-state index contributed by atoms with van der Waals surface area (Å²) >= 11 is 5.40. The lowest BCUT2D eigenvalue weighted by molar-refractivity contribution is 0.0620. The predicted molar refractivity (Wildman–Crippen MR) is 130 cm³/mol. The van der Waals surface area contributed by atoms with E-state index in [1.54, 1.807) is 15.9 Å². The van der Waals surface area contributed by atoms with E-state index in [1.165, 1.54) is 5.56 Å². The monoisotopic (exact) mass is 499 g/mol. The van der Waals surface area contributed by atoms with E-state index >= 15 is 0 Å². The van der Waals surface area contributed by atoms with Gasteiger partial charge in [0, 0.05) is 42.4 Å². The molecular weight excluding hydrogens is 474 g/mol. The van der Waals surface area contributed by atoms with Crippen molar-refractivity contribution in [3.8, 4) is 0 Å². The molecule has 6 nitrogen and oxygen atoms in total. The summed E-state index contributed by atoms with van der Waals surface area (Å²) in [4.78, 5) is 9.89. The topological polar surface area (TPSA) is 77.8 Å². The number of fused-ring (bicyclic) bond motifs is 1. The first-order chi connectivity index (χ1) is 15.1. The second-order valence-electron chi connectivity index (χ2n) is 8.39. The number of rotatable bonds is 5. The fourth-order valence-corrected chi connectivity index (χ4v) is 5.83. The Kier molecular flexibility index (Phi) is 5.95. The van der Waals surface area contributed by atoms with Crippen molar-refractivity contribution in [1.29, 1.82) is 0 Å². The molecule has 2 N–H and O–H groups in total. The van der Waals surface area contributed by atoms with Gasteiger partial charge in [-0.2, -0.15) is 21.0 Å². The average Bonchev–Trinajstić information content (AvgIpc) is 3.47. The molecule has 0 spiro atoms. The highest BCUT2D eigenvalue weighted by atomic mass is 79.9. The molecule has 2 aliphatic heterocycles. The van der Waals surface area contributed by atoms with Crippen molar-refractivity contribution in [3.05, 3.63) is 50.4 Å². The summed E-state index contributed by atoms with van der Waals surface area (Å²) in [5, 5.41) is 8.78. The Labute approximate surface area is 194 Å². The zero-order valence-electron chi connectivity index (χ0n) is 17.6. The third-order valence-corrected chi connectivity index (χ3v) is 7.82. The van der Waals surface area contributed by atoms with Crippen molar-refractivity contribution in [2.75, 3.05) is 25.5 Å². The van der Waals surface area contributed by atoms with Gasteiger partial charge in [-0.05, 0) is 63.5 Å². The van der Waals surface area contributed by atoms with Gasteiger partial charge in [0.15, 0.2) is 5.65 Å². The number of nitrogens with zero attached hydrogens (tertiary/aromatic N) is 4. The maximum atomic E-state index is 6.47. The smallest absolute Gasteiger partial charge is 0.165 e. The molecule has 3 aromatic heterocycles. The summed E-state index contributed by atoms with van der Waals surface area (Å²) in [6, 6.07) is 2.13. The number of aromatic nitrogens is 3. The Hall–Kier alpha value is -2.03. The van der Waals surface area contributed by atoms with E-state index in [1.807, 2.05) is 6.20 Å². The van der Waals surface area contributed by atoms with Gasteiger partial charge in [0.2, 0.25) is 0 Å². The first-order valence-electron chi connectivity index (χ1n) is 10.8. The molecule has 0 bridgehead atoms. The Morgan fingerprint density at radius 3 is 2.90 bits per heavy atom. The first kappa shape index (κ1) is 20.8. The zero-order valence-corrected chi connectivity index (χ0v) is 20.0. The molecule has 0 aromatic carbocycles. The fraction of sp³-hybridized carbons (Fsp3) is 0.435. The van der Waals surface area contributed by atoms with Crippen molar-refractivity contribution in [2.45, 2.75) is 38.5 Å². The van der Waals surface area contributed by atoms with Gasteiger partial charge in [0.05, 0.1) is 22.9 Å². The van der Waals surface area contributed by atoms with Crippen molar-refractivity contribution >= 4 is 50.0 Å². The summed E-state index contributed by atoms with van der Waals surface area (Å²) in [7, 11) is 0. The van der Waals surface area contributed by atoms with Crippen LogP contribution >= 0.6 is 27.3 Å². The van der Waals surface area contributed by atoms with E-state index in [0.29, 0.717) is 24.2 Å². The van der Waals surface area contributed by atoms with Crippen LogP contribution in [0.4, 0.5) is 5.82 Å². The van der Waals surface area contributed by atoms with Crippen LogP contribution in [0.3, 0.4) is 0 Å². The van der Waals surface area contributed by atoms with Crippen LogP contribution in [-0.2, 0) is 4.74 Å². The van der Waals surface area contributed by atoms with E-state index in [4.69, 9.17) is 20.4 Å². The molecule has 0 aliphatic carbocycles. The number of anilines is 1. The summed E-state index contributed by atoms with van der Waals surface area (Å²) in [5.41, 5.74) is 12.8. The summed E-state index contributed by atoms with van der Waals surface area (Å²) in [6.45, 7) is 4.60. The second-order valence-corrected chi connectivity index (χ2v) is 9.96. The molecule has 5 heterocycles. The molecule has 8 heteroatoms. The Bertz CT molecular complexity index is 1140. The molecule has 0 saturated carbocycles. The fourth-order valence-electron chi connectivity index (χ4n) is 4.52. The second kappa shape index (κ2) is 8.84. The maximum Gasteiger partial charge on any atom is 0.165 e. The van der Waals surface area contributed by atoms with Crippen LogP contribution in [0.2, 0.25) is 0 Å². The molecule has 31 heavy (non-hydrogen) atoms. The van der Waals surface area contributed by atoms with Gasteiger partial charge in [-0.15, -0.1) is 0 Å². The molecule has 1 fully saturated rings. The summed E-state index contributed by atoms with van der Waals surface area (Å²) in [6.07, 6.45) is 8.27. The number of dihydropyridines is 1. The van der Waals surface area contributed by atoms with Crippen LogP contribution in [0.1, 0.15) is 55.3 Å². The number of thiophene rings is 1. The number of allylic oxidation sites excluding steroid dienone is 1. The SMILES string of the molecule is CC(CC1CCOCC1)c1nc2c(C3=CCC(c4ccsc4)=NC3)cnn2c(N)c1Br. The van der Waals surface area contributed by atoms with Crippen LogP contribution in [0.15, 0.2) is 38.6 Å². The summed E-state index contributed by atoms with van der Waals surface area (Å²) < 4.78 is 8.11. The lowest BCUT2D eigenvalue weighted by Gasteiger charge is -2.25. The van der Waals surface area contributed by atoms with Gasteiger partial charge in [-0.1, -0.05) is 13.0 Å². The molecule has 1 atom stereocenters. The number of nitrogen functional groups attached to an aromatic ring is 1. The number of halogens is 1. The molecule has 0 radical (unpaired) electrons. The standard InChI is InChI=1S/C23H26BrN5OS/c1-14(10-15-4-7-30-8-5-15)21-20(24)22(25)29-23(28-21)18(12-27-29)16-2-3-19(26-11-16)17-6-9-31-13-17/h2,6,9,12-15H,3-5,7-8,10-11,25H2,1H3. The normalized spacial score (nSPS) is 18.8. The minimum atomic E-state index is 0.302. The molecule has 1 saturated heterocycles. The molecular formula is C23H26BrN5OS. The van der Waals surface area contributed by atoms with Gasteiger partial charge in [-0.25, -0.2) is 4.98 Å². The molecule has 1 unspecified atom stereocenters. The number of hydrogen-bond donors (Lipinski definition) is 1. The quantitative estimate of drug-likeness (QED) is 0.514. The average molecular weight is 500 g/mol. The Morgan fingerprint density at radius 1 is 1.35 bits per heavy atom. The van der Waals surface area contributed by atoms with E-state index in [9.17, 15) is 0 Å². The molecule has 2 aliphatic rings. The van der Waals surface area contributed by atoms with E-state index in [0.717, 1.165) is 71.6 Å². The highest BCUT2D eigenvalue weighted by Crippen LogP contribution is 2.36. The zero-order chi connectivity index (χ0) is 21.4. The molecule has 0 amide bonds. The van der Waals surface area contributed by atoms with Crippen molar-refractivity contribution in [3.63, 3.8) is 0 Å². The van der Waals surface area contributed by atoms with Crippen LogP contribution in [0.25, 0.3) is 11.2 Å². The van der Waals surface area contributed by atoms with Crippen molar-refractivity contribution in [2.24, 2.45) is 10.9 Å². The number of hydrogen-bond acceptors (Lipinski definition) is 6.